The predicted molar refractivity (Wildman–Crippen MR) is 83.4 cm³/mol. The molecule has 0 aliphatic rings. The van der Waals surface area contributed by atoms with Gasteiger partial charge in [-0.1, -0.05) is 59.7 Å². The molecular weight excluding hydrogens is 232 g/mol. The van der Waals surface area contributed by atoms with E-state index >= 15 is 0 Å². The van der Waals surface area contributed by atoms with Crippen LogP contribution in [0.5, 0.6) is 5.75 Å². The number of aromatic hydroxyl groups is 1. The van der Waals surface area contributed by atoms with Crippen molar-refractivity contribution in [1.82, 2.24) is 0 Å². The average Bonchev–Trinajstić information content (AvgIpc) is 2.23. The zero-order valence-electron chi connectivity index (χ0n) is 13.5. The van der Waals surface area contributed by atoms with Gasteiger partial charge in [0.05, 0.1) is 0 Å². The molecule has 108 valence electrons. The molecule has 0 unspecified atom stereocenters. The molecule has 0 bridgehead atoms. The molecule has 0 aromatic heterocycles. The second kappa shape index (κ2) is 5.98. The Morgan fingerprint density at radius 3 is 1.95 bits per heavy atom. The van der Waals surface area contributed by atoms with Crippen molar-refractivity contribution in [3.63, 3.8) is 0 Å². The van der Waals surface area contributed by atoms with Gasteiger partial charge >= 0.3 is 0 Å². The van der Waals surface area contributed by atoms with Crippen molar-refractivity contribution in [3.05, 3.63) is 29.8 Å². The lowest BCUT2D eigenvalue weighted by molar-refractivity contribution is 0.0907. The Morgan fingerprint density at radius 1 is 0.947 bits per heavy atom. The summed E-state index contributed by atoms with van der Waals surface area (Å²) in [4.78, 5) is 0. The first kappa shape index (κ1) is 16.1. The van der Waals surface area contributed by atoms with Crippen LogP contribution in [-0.4, -0.2) is 5.11 Å². The topological polar surface area (TPSA) is 20.2 Å². The fourth-order valence-electron chi connectivity index (χ4n) is 3.38. The van der Waals surface area contributed by atoms with Crippen molar-refractivity contribution >= 4 is 0 Å². The van der Waals surface area contributed by atoms with Gasteiger partial charge in [0.2, 0.25) is 0 Å². The van der Waals surface area contributed by atoms with Gasteiger partial charge < -0.3 is 5.11 Å². The molecule has 19 heavy (non-hydrogen) atoms. The van der Waals surface area contributed by atoms with Gasteiger partial charge in [0.1, 0.15) is 5.75 Å². The van der Waals surface area contributed by atoms with E-state index in [0.29, 0.717) is 22.5 Å². The summed E-state index contributed by atoms with van der Waals surface area (Å²) in [6.45, 7) is 14.0. The lowest BCUT2D eigenvalue weighted by Gasteiger charge is -2.41. The van der Waals surface area contributed by atoms with Gasteiger partial charge in [-0.2, -0.15) is 0 Å². The zero-order chi connectivity index (χ0) is 14.7. The maximum Gasteiger partial charge on any atom is 0.118 e. The van der Waals surface area contributed by atoms with Gasteiger partial charge in [0.15, 0.2) is 0 Å². The normalized spacial score (nSPS) is 13.0. The average molecular weight is 262 g/mol. The lowest BCUT2D eigenvalue weighted by Crippen LogP contribution is -2.32. The summed E-state index contributed by atoms with van der Waals surface area (Å²) >= 11 is 0. The molecule has 1 N–H and O–H groups in total. The third-order valence-corrected chi connectivity index (χ3v) is 4.02. The summed E-state index contributed by atoms with van der Waals surface area (Å²) in [5, 5.41) is 9.80. The smallest absolute Gasteiger partial charge is 0.118 e. The van der Waals surface area contributed by atoms with Crippen molar-refractivity contribution in [2.24, 2.45) is 16.7 Å². The molecule has 0 saturated heterocycles. The largest absolute Gasteiger partial charge is 0.508 e. The SMILES string of the molecule is CC(C)(C)C(CCCc1ccccc1O)C(C)(C)C. The standard InChI is InChI=1S/C18H30O/c1-17(2,3)16(18(4,5)6)13-9-11-14-10-7-8-12-15(14)19/h7-8,10,12,16,19H,9,11,13H2,1-6H3. The molecule has 1 heteroatoms. The fourth-order valence-corrected chi connectivity index (χ4v) is 3.38. The molecule has 1 aromatic carbocycles. The molecule has 1 rings (SSSR count). The first-order valence-electron chi connectivity index (χ1n) is 7.39. The van der Waals surface area contributed by atoms with E-state index in [1.807, 2.05) is 18.2 Å². The predicted octanol–water partition coefficient (Wildman–Crippen LogP) is 5.42. The van der Waals surface area contributed by atoms with Crippen LogP contribution in [0.4, 0.5) is 0 Å². The monoisotopic (exact) mass is 262 g/mol. The summed E-state index contributed by atoms with van der Waals surface area (Å²) < 4.78 is 0. The number of aryl methyl sites for hydroxylation is 1. The molecule has 0 heterocycles. The molecular formula is C18H30O. The molecule has 0 aliphatic carbocycles. The number of hydrogen-bond donors (Lipinski definition) is 1. The van der Waals surface area contributed by atoms with Crippen LogP contribution in [0.25, 0.3) is 0 Å². The van der Waals surface area contributed by atoms with Gasteiger partial charge in [-0.3, -0.25) is 0 Å². The van der Waals surface area contributed by atoms with E-state index in [-0.39, 0.29) is 0 Å². The van der Waals surface area contributed by atoms with Gasteiger partial charge in [-0.05, 0) is 47.6 Å². The van der Waals surface area contributed by atoms with E-state index in [0.717, 1.165) is 18.4 Å². The summed E-state index contributed by atoms with van der Waals surface area (Å²) in [6.07, 6.45) is 3.31. The minimum absolute atomic E-state index is 0.330. The molecule has 1 nitrogen and oxygen atoms in total. The second-order valence-corrected chi connectivity index (χ2v) is 7.81. The molecule has 0 saturated carbocycles. The van der Waals surface area contributed by atoms with E-state index in [2.05, 4.69) is 41.5 Å². The van der Waals surface area contributed by atoms with E-state index in [9.17, 15) is 5.11 Å². The number of phenolic OH excluding ortho intramolecular Hbond substituents is 1. The Kier molecular flexibility index (Phi) is 5.06. The summed E-state index contributed by atoms with van der Waals surface area (Å²) in [5.41, 5.74) is 1.73. The first-order chi connectivity index (χ1) is 8.62. The van der Waals surface area contributed by atoms with Crippen molar-refractivity contribution < 1.29 is 5.11 Å². The number of hydrogen-bond acceptors (Lipinski definition) is 1. The Balaban J connectivity index is 2.62. The highest BCUT2D eigenvalue weighted by molar-refractivity contribution is 5.31. The second-order valence-electron chi connectivity index (χ2n) is 7.81. The molecule has 0 radical (unpaired) electrons. The van der Waals surface area contributed by atoms with Crippen LogP contribution in [0.1, 0.15) is 59.9 Å². The molecule has 0 fully saturated rings. The third kappa shape index (κ3) is 4.89. The van der Waals surface area contributed by atoms with Crippen LogP contribution >= 0.6 is 0 Å². The molecule has 0 spiro atoms. The van der Waals surface area contributed by atoms with Crippen molar-refractivity contribution in [2.75, 3.05) is 0 Å². The van der Waals surface area contributed by atoms with Crippen LogP contribution in [0.15, 0.2) is 24.3 Å². The van der Waals surface area contributed by atoms with Crippen LogP contribution in [0.2, 0.25) is 0 Å². The highest BCUT2D eigenvalue weighted by Gasteiger charge is 2.33. The minimum atomic E-state index is 0.330. The number of para-hydroxylation sites is 1. The van der Waals surface area contributed by atoms with Crippen molar-refractivity contribution in [2.45, 2.75) is 60.8 Å². The third-order valence-electron chi connectivity index (χ3n) is 4.02. The summed E-state index contributed by atoms with van der Waals surface area (Å²) in [7, 11) is 0. The van der Waals surface area contributed by atoms with Gasteiger partial charge in [-0.25, -0.2) is 0 Å². The zero-order valence-corrected chi connectivity index (χ0v) is 13.5. The van der Waals surface area contributed by atoms with Gasteiger partial charge in [0, 0.05) is 0 Å². The quantitative estimate of drug-likeness (QED) is 0.767. The summed E-state index contributed by atoms with van der Waals surface area (Å²) in [5.74, 6) is 1.12. The first-order valence-corrected chi connectivity index (χ1v) is 7.39. The molecule has 1 aromatic rings. The van der Waals surface area contributed by atoms with Gasteiger partial charge in [0.25, 0.3) is 0 Å². The van der Waals surface area contributed by atoms with Crippen molar-refractivity contribution in [1.29, 1.82) is 0 Å². The summed E-state index contributed by atoms with van der Waals surface area (Å²) in [6, 6.07) is 7.69. The molecule has 0 atom stereocenters. The van der Waals surface area contributed by atoms with E-state index < -0.39 is 0 Å². The molecule has 0 aliphatic heterocycles. The Labute approximate surface area is 119 Å². The van der Waals surface area contributed by atoms with Crippen LogP contribution in [0, 0.1) is 16.7 Å². The van der Waals surface area contributed by atoms with E-state index in [4.69, 9.17) is 0 Å². The maximum absolute atomic E-state index is 9.80. The Bertz CT molecular complexity index is 379. The van der Waals surface area contributed by atoms with E-state index in [1.165, 1.54) is 6.42 Å². The minimum Gasteiger partial charge on any atom is -0.508 e. The van der Waals surface area contributed by atoms with Crippen LogP contribution in [-0.2, 0) is 6.42 Å². The number of phenols is 1. The highest BCUT2D eigenvalue weighted by atomic mass is 16.3. The van der Waals surface area contributed by atoms with E-state index in [1.54, 1.807) is 6.07 Å². The van der Waals surface area contributed by atoms with Crippen LogP contribution < -0.4 is 0 Å². The van der Waals surface area contributed by atoms with Crippen LogP contribution in [0.3, 0.4) is 0 Å². The number of benzene rings is 1. The number of rotatable bonds is 4. The van der Waals surface area contributed by atoms with Crippen molar-refractivity contribution in [3.8, 4) is 5.75 Å². The fraction of sp³-hybridized carbons (Fsp3) is 0.667. The van der Waals surface area contributed by atoms with Gasteiger partial charge in [-0.15, -0.1) is 0 Å². The molecule has 0 amide bonds. The highest BCUT2D eigenvalue weighted by Crippen LogP contribution is 2.43. The lowest BCUT2D eigenvalue weighted by atomic mass is 9.64. The Morgan fingerprint density at radius 2 is 1.47 bits per heavy atom. The maximum atomic E-state index is 9.80. The Hall–Kier alpha value is -0.980.